The standard InChI is InChI=1S/C22H20FN7O3/c1-32-18-11-26-21(28-22(18)27-16-7-8-25-10-14(16)20(24)31)17-9-19(33-2)30(29-17)12-13-5-3-4-6-15(13)23/h3-11H,12H2,1-2H3,(H2,24,31)(H,25,26,27,28). The average Bonchev–Trinajstić information content (AvgIpc) is 3.23. The number of pyridine rings is 1. The molecule has 4 rings (SSSR count). The second-order valence-corrected chi connectivity index (χ2v) is 6.84. The van der Waals surface area contributed by atoms with Gasteiger partial charge in [-0.15, -0.1) is 0 Å². The minimum Gasteiger partial charge on any atom is -0.491 e. The molecule has 0 aliphatic heterocycles. The van der Waals surface area contributed by atoms with Gasteiger partial charge in [0, 0.05) is 24.0 Å². The average molecular weight is 449 g/mol. The van der Waals surface area contributed by atoms with E-state index in [1.54, 1.807) is 30.3 Å². The molecule has 3 heterocycles. The van der Waals surface area contributed by atoms with Crippen molar-refractivity contribution in [3.63, 3.8) is 0 Å². The zero-order chi connectivity index (χ0) is 23.4. The molecule has 1 amide bonds. The highest BCUT2D eigenvalue weighted by atomic mass is 19.1. The van der Waals surface area contributed by atoms with Crippen molar-refractivity contribution in [3.05, 3.63) is 71.9 Å². The molecule has 0 fully saturated rings. The van der Waals surface area contributed by atoms with E-state index in [1.807, 2.05) is 0 Å². The number of amides is 1. The van der Waals surface area contributed by atoms with Crippen LogP contribution in [0.1, 0.15) is 15.9 Å². The van der Waals surface area contributed by atoms with Gasteiger partial charge >= 0.3 is 0 Å². The molecule has 3 aromatic heterocycles. The normalized spacial score (nSPS) is 10.6. The van der Waals surface area contributed by atoms with Crippen molar-refractivity contribution >= 4 is 17.4 Å². The van der Waals surface area contributed by atoms with Crippen molar-refractivity contribution in [1.29, 1.82) is 0 Å². The largest absolute Gasteiger partial charge is 0.491 e. The number of primary amides is 1. The number of carbonyl (C=O) groups is 1. The lowest BCUT2D eigenvalue weighted by Crippen LogP contribution is -2.14. The minimum absolute atomic E-state index is 0.163. The first kappa shape index (κ1) is 21.7. The number of anilines is 2. The molecular weight excluding hydrogens is 429 g/mol. The number of hydrogen-bond acceptors (Lipinski definition) is 8. The number of halogens is 1. The minimum atomic E-state index is -0.643. The Balaban J connectivity index is 1.70. The van der Waals surface area contributed by atoms with Crippen LogP contribution in [0.5, 0.6) is 11.6 Å². The van der Waals surface area contributed by atoms with Crippen LogP contribution in [-0.2, 0) is 6.54 Å². The van der Waals surface area contributed by atoms with E-state index in [9.17, 15) is 9.18 Å². The van der Waals surface area contributed by atoms with Gasteiger partial charge in [-0.1, -0.05) is 18.2 Å². The lowest BCUT2D eigenvalue weighted by Gasteiger charge is -2.12. The molecule has 0 aliphatic rings. The van der Waals surface area contributed by atoms with Crippen molar-refractivity contribution in [2.45, 2.75) is 6.54 Å². The monoisotopic (exact) mass is 449 g/mol. The van der Waals surface area contributed by atoms with E-state index >= 15 is 0 Å². The molecule has 168 valence electrons. The fourth-order valence-corrected chi connectivity index (χ4v) is 3.13. The van der Waals surface area contributed by atoms with Crippen LogP contribution >= 0.6 is 0 Å². The lowest BCUT2D eigenvalue weighted by atomic mass is 10.2. The summed E-state index contributed by atoms with van der Waals surface area (Å²) in [6.07, 6.45) is 4.34. The van der Waals surface area contributed by atoms with Crippen LogP contribution in [0.15, 0.2) is 55.0 Å². The van der Waals surface area contributed by atoms with E-state index in [0.717, 1.165) is 0 Å². The van der Waals surface area contributed by atoms with Crippen LogP contribution in [0.25, 0.3) is 11.5 Å². The third-order valence-electron chi connectivity index (χ3n) is 4.77. The summed E-state index contributed by atoms with van der Waals surface area (Å²) in [5.41, 5.74) is 6.89. The van der Waals surface area contributed by atoms with Gasteiger partial charge in [-0.2, -0.15) is 5.10 Å². The molecule has 4 aromatic rings. The summed E-state index contributed by atoms with van der Waals surface area (Å²) < 4.78 is 26.4. The maximum atomic E-state index is 14.1. The fraction of sp³-hybridized carbons (Fsp3) is 0.136. The Kier molecular flexibility index (Phi) is 6.11. The Bertz CT molecular complexity index is 1310. The summed E-state index contributed by atoms with van der Waals surface area (Å²) in [4.78, 5) is 24.5. The van der Waals surface area contributed by atoms with E-state index < -0.39 is 5.91 Å². The Morgan fingerprint density at radius 3 is 2.73 bits per heavy atom. The van der Waals surface area contributed by atoms with Gasteiger partial charge < -0.3 is 20.5 Å². The summed E-state index contributed by atoms with van der Waals surface area (Å²) in [6, 6.07) is 9.67. The number of methoxy groups -OCH3 is 2. The zero-order valence-electron chi connectivity index (χ0n) is 17.8. The summed E-state index contributed by atoms with van der Waals surface area (Å²) >= 11 is 0. The summed E-state index contributed by atoms with van der Waals surface area (Å²) in [6.45, 7) is 0.163. The van der Waals surface area contributed by atoms with Crippen LogP contribution in [0.4, 0.5) is 15.9 Å². The van der Waals surface area contributed by atoms with Gasteiger partial charge in [-0.3, -0.25) is 9.78 Å². The van der Waals surface area contributed by atoms with Gasteiger partial charge in [0.1, 0.15) is 11.5 Å². The first-order chi connectivity index (χ1) is 16.0. The second-order valence-electron chi connectivity index (χ2n) is 6.84. The maximum Gasteiger partial charge on any atom is 0.252 e. The Hall–Kier alpha value is -4.54. The summed E-state index contributed by atoms with van der Waals surface area (Å²) in [7, 11) is 2.96. The Labute approximate surface area is 188 Å². The van der Waals surface area contributed by atoms with Crippen molar-refractivity contribution in [2.75, 3.05) is 19.5 Å². The molecule has 0 bridgehead atoms. The predicted molar refractivity (Wildman–Crippen MR) is 118 cm³/mol. The quantitative estimate of drug-likeness (QED) is 0.420. The third-order valence-corrected chi connectivity index (χ3v) is 4.77. The molecule has 0 unspecified atom stereocenters. The molecule has 33 heavy (non-hydrogen) atoms. The number of carbonyl (C=O) groups excluding carboxylic acids is 1. The van der Waals surface area contributed by atoms with Crippen molar-refractivity contribution in [2.24, 2.45) is 5.73 Å². The first-order valence-electron chi connectivity index (χ1n) is 9.77. The number of nitrogens with one attached hydrogen (secondary N) is 1. The number of aromatic nitrogens is 5. The van der Waals surface area contributed by atoms with Crippen molar-refractivity contribution in [3.8, 4) is 23.1 Å². The third kappa shape index (κ3) is 4.56. The van der Waals surface area contributed by atoms with E-state index in [0.29, 0.717) is 34.4 Å². The molecule has 0 aliphatic carbocycles. The zero-order valence-corrected chi connectivity index (χ0v) is 17.8. The molecule has 0 spiro atoms. The number of hydrogen-bond donors (Lipinski definition) is 2. The Morgan fingerprint density at radius 1 is 1.18 bits per heavy atom. The number of rotatable bonds is 8. The summed E-state index contributed by atoms with van der Waals surface area (Å²) in [5.74, 6) is 0.315. The van der Waals surface area contributed by atoms with Gasteiger partial charge in [-0.25, -0.2) is 19.0 Å². The Morgan fingerprint density at radius 2 is 2.00 bits per heavy atom. The van der Waals surface area contributed by atoms with E-state index in [4.69, 9.17) is 15.2 Å². The maximum absolute atomic E-state index is 14.1. The SMILES string of the molecule is COc1cnc(-c2cc(OC)n(Cc3ccccc3F)n2)nc1Nc1ccncc1C(N)=O. The topological polar surface area (TPSA) is 130 Å². The van der Waals surface area contributed by atoms with Gasteiger partial charge in [0.05, 0.1) is 38.2 Å². The highest BCUT2D eigenvalue weighted by molar-refractivity contribution is 5.98. The van der Waals surface area contributed by atoms with Crippen LogP contribution in [0.2, 0.25) is 0 Å². The van der Waals surface area contributed by atoms with Gasteiger partial charge in [0.25, 0.3) is 5.91 Å². The molecule has 0 atom stereocenters. The van der Waals surface area contributed by atoms with Crippen LogP contribution in [0.3, 0.4) is 0 Å². The van der Waals surface area contributed by atoms with Gasteiger partial charge in [0.15, 0.2) is 17.4 Å². The fourth-order valence-electron chi connectivity index (χ4n) is 3.13. The second kappa shape index (κ2) is 9.30. The number of ether oxygens (including phenoxy) is 2. The van der Waals surface area contributed by atoms with Crippen molar-refractivity contribution < 1.29 is 18.7 Å². The molecule has 1 aromatic carbocycles. The molecular formula is C22H20FN7O3. The highest BCUT2D eigenvalue weighted by Crippen LogP contribution is 2.29. The van der Waals surface area contributed by atoms with E-state index in [2.05, 4.69) is 25.4 Å². The van der Waals surface area contributed by atoms with E-state index in [1.165, 1.54) is 43.6 Å². The predicted octanol–water partition coefficient (Wildman–Crippen LogP) is 2.78. The first-order valence-corrected chi connectivity index (χ1v) is 9.77. The smallest absolute Gasteiger partial charge is 0.252 e. The molecule has 0 saturated carbocycles. The van der Waals surface area contributed by atoms with E-state index in [-0.39, 0.29) is 23.7 Å². The molecule has 3 N–H and O–H groups in total. The molecule has 0 radical (unpaired) electrons. The molecule has 10 nitrogen and oxygen atoms in total. The van der Waals surface area contributed by atoms with Crippen LogP contribution in [-0.4, -0.2) is 44.9 Å². The number of nitrogens with two attached hydrogens (primary N) is 1. The summed E-state index contributed by atoms with van der Waals surface area (Å²) in [5, 5.41) is 7.52. The van der Waals surface area contributed by atoms with Crippen LogP contribution < -0.4 is 20.5 Å². The molecule has 11 heteroatoms. The number of benzene rings is 1. The highest BCUT2D eigenvalue weighted by Gasteiger charge is 2.17. The lowest BCUT2D eigenvalue weighted by molar-refractivity contribution is 0.100. The van der Waals surface area contributed by atoms with Gasteiger partial charge in [0.2, 0.25) is 5.88 Å². The van der Waals surface area contributed by atoms with Crippen LogP contribution in [0, 0.1) is 5.82 Å². The van der Waals surface area contributed by atoms with Gasteiger partial charge in [-0.05, 0) is 12.1 Å². The van der Waals surface area contributed by atoms with Crippen molar-refractivity contribution in [1.82, 2.24) is 24.7 Å². The number of nitrogens with zero attached hydrogens (tertiary/aromatic N) is 5. The molecule has 0 saturated heterocycles.